The second-order valence-corrected chi connectivity index (χ2v) is 7.52. The Hall–Kier alpha value is -3.03. The van der Waals surface area contributed by atoms with Crippen molar-refractivity contribution in [3.8, 4) is 5.69 Å². The topological polar surface area (TPSA) is 85.9 Å². The fourth-order valence-corrected chi connectivity index (χ4v) is 4.01. The predicted molar refractivity (Wildman–Crippen MR) is 105 cm³/mol. The summed E-state index contributed by atoms with van der Waals surface area (Å²) in [4.78, 5) is 31.7. The van der Waals surface area contributed by atoms with Crippen molar-refractivity contribution in [1.29, 1.82) is 0 Å². The second-order valence-electron chi connectivity index (χ2n) is 7.52. The lowest BCUT2D eigenvalue weighted by Gasteiger charge is -2.36. The third-order valence-corrected chi connectivity index (χ3v) is 5.69. The van der Waals surface area contributed by atoms with Crippen LogP contribution < -0.4 is 5.56 Å². The lowest BCUT2D eigenvalue weighted by atomic mass is 9.85. The fourth-order valence-electron chi connectivity index (χ4n) is 4.01. The monoisotopic (exact) mass is 380 g/mol. The van der Waals surface area contributed by atoms with E-state index in [0.29, 0.717) is 11.6 Å². The van der Waals surface area contributed by atoms with E-state index in [-0.39, 0.29) is 29.6 Å². The van der Waals surface area contributed by atoms with Crippen LogP contribution in [-0.4, -0.2) is 48.4 Å². The third kappa shape index (κ3) is 3.30. The summed E-state index contributed by atoms with van der Waals surface area (Å²) in [5, 5.41) is 8.06. The van der Waals surface area contributed by atoms with Gasteiger partial charge in [-0.2, -0.15) is 4.68 Å². The number of aromatic nitrogens is 5. The molecule has 2 aromatic heterocycles. The molecule has 1 aliphatic rings. The number of amides is 1. The first-order valence-corrected chi connectivity index (χ1v) is 9.68. The van der Waals surface area contributed by atoms with Gasteiger partial charge < -0.3 is 4.90 Å². The number of likely N-dealkylation sites (N-methyl/N-ethyl adjacent to an activating group) is 1. The van der Waals surface area contributed by atoms with Gasteiger partial charge in [-0.25, -0.2) is 4.98 Å². The van der Waals surface area contributed by atoms with Gasteiger partial charge in [0.25, 0.3) is 5.56 Å². The molecule has 3 aromatic rings. The molecule has 1 aromatic carbocycles. The van der Waals surface area contributed by atoms with Crippen molar-refractivity contribution in [2.75, 3.05) is 7.05 Å². The first-order valence-electron chi connectivity index (χ1n) is 9.68. The molecule has 1 fully saturated rings. The summed E-state index contributed by atoms with van der Waals surface area (Å²) in [6.45, 7) is 2.15. The molecule has 28 heavy (non-hydrogen) atoms. The Kier molecular flexibility index (Phi) is 4.93. The predicted octanol–water partition coefficient (Wildman–Crippen LogP) is 2.01. The highest BCUT2D eigenvalue weighted by molar-refractivity contribution is 5.77. The van der Waals surface area contributed by atoms with Gasteiger partial charge in [0.2, 0.25) is 5.91 Å². The number of benzene rings is 1. The van der Waals surface area contributed by atoms with E-state index >= 15 is 0 Å². The zero-order chi connectivity index (χ0) is 19.7. The Labute approximate surface area is 162 Å². The van der Waals surface area contributed by atoms with Crippen LogP contribution >= 0.6 is 0 Å². The summed E-state index contributed by atoms with van der Waals surface area (Å²) in [5.74, 6) is 0.392. The Morgan fingerprint density at radius 1 is 1.21 bits per heavy atom. The number of fused-ring (bicyclic) bond motifs is 1. The summed E-state index contributed by atoms with van der Waals surface area (Å²) in [5.41, 5.74) is 0.962. The zero-order valence-corrected chi connectivity index (χ0v) is 16.2. The first-order chi connectivity index (χ1) is 13.6. The number of rotatable bonds is 4. The molecule has 146 valence electrons. The molecule has 2 atom stereocenters. The van der Waals surface area contributed by atoms with Crippen LogP contribution in [0.25, 0.3) is 16.9 Å². The normalized spacial score (nSPS) is 19.6. The highest BCUT2D eigenvalue weighted by Gasteiger charge is 2.28. The molecule has 0 saturated heterocycles. The number of hydrogen-bond acceptors (Lipinski definition) is 5. The van der Waals surface area contributed by atoms with Crippen molar-refractivity contribution in [1.82, 2.24) is 29.4 Å². The molecule has 0 bridgehead atoms. The van der Waals surface area contributed by atoms with Crippen molar-refractivity contribution < 1.29 is 4.79 Å². The summed E-state index contributed by atoms with van der Waals surface area (Å²) in [7, 11) is 1.83. The van der Waals surface area contributed by atoms with Crippen LogP contribution in [0.1, 0.15) is 32.6 Å². The van der Waals surface area contributed by atoms with Gasteiger partial charge in [0.15, 0.2) is 11.2 Å². The van der Waals surface area contributed by atoms with Gasteiger partial charge in [-0.05, 0) is 30.9 Å². The number of nitrogens with zero attached hydrogens (tertiary/aromatic N) is 6. The van der Waals surface area contributed by atoms with E-state index in [1.807, 2.05) is 37.4 Å². The molecular formula is C20H24N6O2. The van der Waals surface area contributed by atoms with Crippen LogP contribution in [0.3, 0.4) is 0 Å². The van der Waals surface area contributed by atoms with Gasteiger partial charge >= 0.3 is 0 Å². The van der Waals surface area contributed by atoms with Crippen LogP contribution in [0.4, 0.5) is 0 Å². The average Bonchev–Trinajstić information content (AvgIpc) is 3.15. The molecular weight excluding hydrogens is 356 g/mol. The number of carbonyl (C=O) groups is 1. The minimum atomic E-state index is -0.356. The maximum absolute atomic E-state index is 12.8. The van der Waals surface area contributed by atoms with Crippen LogP contribution in [0.5, 0.6) is 0 Å². The second kappa shape index (κ2) is 7.53. The molecule has 1 amide bonds. The largest absolute Gasteiger partial charge is 0.341 e. The van der Waals surface area contributed by atoms with Gasteiger partial charge in [0, 0.05) is 13.1 Å². The summed E-state index contributed by atoms with van der Waals surface area (Å²) in [6.07, 6.45) is 5.92. The van der Waals surface area contributed by atoms with Crippen LogP contribution in [0.15, 0.2) is 41.5 Å². The summed E-state index contributed by atoms with van der Waals surface area (Å²) in [6, 6.07) is 9.62. The van der Waals surface area contributed by atoms with Crippen molar-refractivity contribution >= 4 is 17.1 Å². The van der Waals surface area contributed by atoms with E-state index in [1.165, 1.54) is 22.0 Å². The molecule has 4 rings (SSSR count). The molecule has 0 N–H and O–H groups in total. The number of para-hydroxylation sites is 1. The maximum Gasteiger partial charge on any atom is 0.284 e. The minimum absolute atomic E-state index is 0.0420. The molecule has 0 aliphatic heterocycles. The molecule has 0 spiro atoms. The van der Waals surface area contributed by atoms with E-state index < -0.39 is 0 Å². The number of hydrogen-bond donors (Lipinski definition) is 0. The lowest BCUT2D eigenvalue weighted by Crippen LogP contribution is -2.44. The lowest BCUT2D eigenvalue weighted by molar-refractivity contribution is -0.134. The quantitative estimate of drug-likeness (QED) is 0.691. The van der Waals surface area contributed by atoms with Gasteiger partial charge in [-0.15, -0.1) is 5.10 Å². The van der Waals surface area contributed by atoms with Gasteiger partial charge in [-0.1, -0.05) is 43.2 Å². The standard InChI is InChI=1S/C20H24N6O2/c1-14-8-6-7-11-16(14)24(2)17(27)12-25-13-21-19-18(20(25)28)22-23-26(19)15-9-4-3-5-10-15/h3-5,9-10,13-14,16H,6-8,11-12H2,1-2H3. The Morgan fingerprint density at radius 2 is 1.96 bits per heavy atom. The molecule has 0 radical (unpaired) electrons. The Morgan fingerprint density at radius 3 is 2.71 bits per heavy atom. The van der Waals surface area contributed by atoms with Crippen molar-refractivity contribution in [3.05, 3.63) is 47.0 Å². The molecule has 8 nitrogen and oxygen atoms in total. The van der Waals surface area contributed by atoms with E-state index in [4.69, 9.17) is 0 Å². The summed E-state index contributed by atoms with van der Waals surface area (Å²) < 4.78 is 2.84. The maximum atomic E-state index is 12.8. The smallest absolute Gasteiger partial charge is 0.284 e. The molecule has 1 aliphatic carbocycles. The Bertz CT molecular complexity index is 1040. The molecule has 2 heterocycles. The molecule has 8 heteroatoms. The molecule has 1 saturated carbocycles. The zero-order valence-electron chi connectivity index (χ0n) is 16.2. The number of carbonyl (C=O) groups excluding carboxylic acids is 1. The summed E-state index contributed by atoms with van der Waals surface area (Å²) >= 11 is 0. The third-order valence-electron chi connectivity index (χ3n) is 5.69. The minimum Gasteiger partial charge on any atom is -0.341 e. The van der Waals surface area contributed by atoms with Gasteiger partial charge in [0.1, 0.15) is 12.9 Å². The first kappa shape index (κ1) is 18.3. The van der Waals surface area contributed by atoms with Crippen LogP contribution in [0, 0.1) is 5.92 Å². The molecule has 2 unspecified atom stereocenters. The van der Waals surface area contributed by atoms with Crippen LogP contribution in [-0.2, 0) is 11.3 Å². The van der Waals surface area contributed by atoms with Gasteiger partial charge in [-0.3, -0.25) is 14.2 Å². The van der Waals surface area contributed by atoms with Crippen molar-refractivity contribution in [2.24, 2.45) is 5.92 Å². The highest BCUT2D eigenvalue weighted by atomic mass is 16.2. The van der Waals surface area contributed by atoms with E-state index in [0.717, 1.165) is 24.9 Å². The van der Waals surface area contributed by atoms with E-state index in [2.05, 4.69) is 22.2 Å². The van der Waals surface area contributed by atoms with Crippen LogP contribution in [0.2, 0.25) is 0 Å². The average molecular weight is 380 g/mol. The fraction of sp³-hybridized carbons (Fsp3) is 0.450. The SMILES string of the molecule is CC1CCCCC1N(C)C(=O)Cn1cnc2c(nnn2-c2ccccc2)c1=O. The van der Waals surface area contributed by atoms with E-state index in [9.17, 15) is 9.59 Å². The van der Waals surface area contributed by atoms with Crippen molar-refractivity contribution in [3.63, 3.8) is 0 Å². The Balaban J connectivity index is 1.59. The van der Waals surface area contributed by atoms with E-state index in [1.54, 1.807) is 4.90 Å². The van der Waals surface area contributed by atoms with Crippen molar-refractivity contribution in [2.45, 2.75) is 45.2 Å². The van der Waals surface area contributed by atoms with Gasteiger partial charge in [0.05, 0.1) is 5.69 Å². The highest BCUT2D eigenvalue weighted by Crippen LogP contribution is 2.27.